The van der Waals surface area contributed by atoms with Gasteiger partial charge in [-0.25, -0.2) is 0 Å². The number of hydrogen-bond donors (Lipinski definition) is 1. The van der Waals surface area contributed by atoms with Crippen LogP contribution in [-0.4, -0.2) is 62.2 Å². The van der Waals surface area contributed by atoms with Gasteiger partial charge in [-0.3, -0.25) is 0 Å². The van der Waals surface area contributed by atoms with E-state index in [2.05, 4.69) is 49.9 Å². The van der Waals surface area contributed by atoms with Crippen molar-refractivity contribution in [3.63, 3.8) is 0 Å². The third-order valence-corrected chi connectivity index (χ3v) is 5.07. The highest BCUT2D eigenvalue weighted by atomic mass is 15.2. The fourth-order valence-corrected chi connectivity index (χ4v) is 3.16. The highest BCUT2D eigenvalue weighted by Crippen LogP contribution is 2.36. The van der Waals surface area contributed by atoms with E-state index < -0.39 is 0 Å². The molecular weight excluding hydrogens is 246 g/mol. The van der Waals surface area contributed by atoms with Gasteiger partial charge in [0.25, 0.3) is 0 Å². The zero-order valence-electron chi connectivity index (χ0n) is 14.5. The second kappa shape index (κ2) is 9.01. The molecule has 0 aromatic carbocycles. The molecule has 120 valence electrons. The molecule has 0 aromatic rings. The van der Waals surface area contributed by atoms with Gasteiger partial charge in [-0.15, -0.1) is 0 Å². The quantitative estimate of drug-likeness (QED) is 0.657. The van der Waals surface area contributed by atoms with Crippen molar-refractivity contribution in [3.05, 3.63) is 0 Å². The maximum absolute atomic E-state index is 3.59. The molecule has 1 aliphatic rings. The smallest absolute Gasteiger partial charge is 0.0107 e. The van der Waals surface area contributed by atoms with Crippen molar-refractivity contribution in [2.24, 2.45) is 5.41 Å². The Labute approximate surface area is 127 Å². The molecule has 1 N–H and O–H groups in total. The van der Waals surface area contributed by atoms with Crippen LogP contribution in [0.4, 0.5) is 0 Å². The van der Waals surface area contributed by atoms with Crippen molar-refractivity contribution < 1.29 is 0 Å². The largest absolute Gasteiger partial charge is 0.314 e. The van der Waals surface area contributed by atoms with Gasteiger partial charge in [0.2, 0.25) is 0 Å². The lowest BCUT2D eigenvalue weighted by Gasteiger charge is -2.38. The van der Waals surface area contributed by atoms with Crippen LogP contribution in [0.3, 0.4) is 0 Å². The predicted molar refractivity (Wildman–Crippen MR) is 89.3 cm³/mol. The SMILES string of the molecule is CCN(CC)CCNCCN(C)C1CCC(C)(C)CC1. The zero-order valence-corrected chi connectivity index (χ0v) is 14.5. The van der Waals surface area contributed by atoms with Crippen LogP contribution in [0.2, 0.25) is 0 Å². The second-order valence-corrected chi connectivity index (χ2v) is 7.15. The molecule has 1 fully saturated rings. The van der Waals surface area contributed by atoms with E-state index in [0.717, 1.165) is 32.2 Å². The molecule has 0 aromatic heterocycles. The first-order valence-electron chi connectivity index (χ1n) is 8.62. The summed E-state index contributed by atoms with van der Waals surface area (Å²) in [6.07, 6.45) is 5.53. The highest BCUT2D eigenvalue weighted by molar-refractivity contribution is 4.82. The van der Waals surface area contributed by atoms with Gasteiger partial charge in [-0.1, -0.05) is 27.7 Å². The Bertz CT molecular complexity index is 239. The average Bonchev–Trinajstić information content (AvgIpc) is 2.42. The van der Waals surface area contributed by atoms with Gasteiger partial charge >= 0.3 is 0 Å². The molecular formula is C17H37N3. The van der Waals surface area contributed by atoms with E-state index in [-0.39, 0.29) is 0 Å². The summed E-state index contributed by atoms with van der Waals surface area (Å²) in [5.74, 6) is 0. The monoisotopic (exact) mass is 283 g/mol. The van der Waals surface area contributed by atoms with Crippen LogP contribution >= 0.6 is 0 Å². The Hall–Kier alpha value is -0.120. The third kappa shape index (κ3) is 6.55. The van der Waals surface area contributed by atoms with Crippen molar-refractivity contribution in [2.75, 3.05) is 46.3 Å². The van der Waals surface area contributed by atoms with Gasteiger partial charge in [0.15, 0.2) is 0 Å². The van der Waals surface area contributed by atoms with Gasteiger partial charge in [0.1, 0.15) is 0 Å². The molecule has 0 heterocycles. The number of nitrogens with one attached hydrogen (secondary N) is 1. The van der Waals surface area contributed by atoms with Gasteiger partial charge in [-0.2, -0.15) is 0 Å². The molecule has 0 aliphatic heterocycles. The first kappa shape index (κ1) is 17.9. The van der Waals surface area contributed by atoms with Gasteiger partial charge in [0, 0.05) is 32.2 Å². The summed E-state index contributed by atoms with van der Waals surface area (Å²) in [4.78, 5) is 5.04. The Kier molecular flexibility index (Phi) is 8.08. The summed E-state index contributed by atoms with van der Waals surface area (Å²) in [7, 11) is 2.30. The fraction of sp³-hybridized carbons (Fsp3) is 1.00. The Morgan fingerprint density at radius 1 is 1.00 bits per heavy atom. The zero-order chi connectivity index (χ0) is 15.0. The Balaban J connectivity index is 2.07. The number of hydrogen-bond acceptors (Lipinski definition) is 3. The lowest BCUT2D eigenvalue weighted by Crippen LogP contribution is -2.41. The van der Waals surface area contributed by atoms with Crippen LogP contribution in [0.15, 0.2) is 0 Å². The fourth-order valence-electron chi connectivity index (χ4n) is 3.16. The van der Waals surface area contributed by atoms with Crippen molar-refractivity contribution in [2.45, 2.75) is 59.4 Å². The van der Waals surface area contributed by atoms with E-state index in [1.165, 1.54) is 38.8 Å². The Morgan fingerprint density at radius 2 is 1.55 bits per heavy atom. The molecule has 0 atom stereocenters. The molecule has 1 saturated carbocycles. The minimum atomic E-state index is 0.583. The molecule has 3 heteroatoms. The highest BCUT2D eigenvalue weighted by Gasteiger charge is 2.28. The maximum atomic E-state index is 3.59. The van der Waals surface area contributed by atoms with E-state index in [0.29, 0.717) is 5.41 Å². The van der Waals surface area contributed by atoms with Crippen LogP contribution in [0.25, 0.3) is 0 Å². The molecule has 0 bridgehead atoms. The van der Waals surface area contributed by atoms with Crippen molar-refractivity contribution >= 4 is 0 Å². The van der Waals surface area contributed by atoms with Gasteiger partial charge < -0.3 is 15.1 Å². The van der Waals surface area contributed by atoms with Crippen molar-refractivity contribution in [1.29, 1.82) is 0 Å². The minimum Gasteiger partial charge on any atom is -0.314 e. The summed E-state index contributed by atoms with van der Waals surface area (Å²) in [6, 6.07) is 0.813. The minimum absolute atomic E-state index is 0.583. The van der Waals surface area contributed by atoms with Crippen LogP contribution in [0.1, 0.15) is 53.4 Å². The molecule has 0 radical (unpaired) electrons. The maximum Gasteiger partial charge on any atom is 0.0107 e. The lowest BCUT2D eigenvalue weighted by atomic mass is 9.75. The van der Waals surface area contributed by atoms with Crippen LogP contribution in [0, 0.1) is 5.41 Å². The summed E-state index contributed by atoms with van der Waals surface area (Å²) in [5, 5.41) is 3.59. The average molecular weight is 284 g/mol. The number of rotatable bonds is 9. The standard InChI is InChI=1S/C17H37N3/c1-6-20(7-2)15-13-18-12-14-19(5)16-8-10-17(3,4)11-9-16/h16,18H,6-15H2,1-5H3. The normalized spacial score (nSPS) is 19.9. The molecule has 0 saturated heterocycles. The number of nitrogens with zero attached hydrogens (tertiary/aromatic N) is 2. The van der Waals surface area contributed by atoms with Crippen molar-refractivity contribution in [3.8, 4) is 0 Å². The molecule has 20 heavy (non-hydrogen) atoms. The summed E-state index contributed by atoms with van der Waals surface area (Å²) < 4.78 is 0. The van der Waals surface area contributed by atoms with E-state index in [9.17, 15) is 0 Å². The summed E-state index contributed by atoms with van der Waals surface area (Å²) in [6.45, 7) is 16.2. The van der Waals surface area contributed by atoms with E-state index >= 15 is 0 Å². The molecule has 0 unspecified atom stereocenters. The van der Waals surface area contributed by atoms with E-state index in [1.54, 1.807) is 0 Å². The second-order valence-electron chi connectivity index (χ2n) is 7.15. The molecule has 1 aliphatic carbocycles. The predicted octanol–water partition coefficient (Wildman–Crippen LogP) is 2.82. The molecule has 3 nitrogen and oxygen atoms in total. The lowest BCUT2D eigenvalue weighted by molar-refractivity contribution is 0.128. The summed E-state index contributed by atoms with van der Waals surface area (Å²) in [5.41, 5.74) is 0.583. The Morgan fingerprint density at radius 3 is 2.10 bits per heavy atom. The van der Waals surface area contributed by atoms with Crippen LogP contribution in [-0.2, 0) is 0 Å². The molecule has 1 rings (SSSR count). The van der Waals surface area contributed by atoms with Gasteiger partial charge in [-0.05, 0) is 51.2 Å². The van der Waals surface area contributed by atoms with Gasteiger partial charge in [0.05, 0.1) is 0 Å². The first-order chi connectivity index (χ1) is 9.48. The molecule has 0 spiro atoms. The van der Waals surface area contributed by atoms with Crippen LogP contribution in [0.5, 0.6) is 0 Å². The topological polar surface area (TPSA) is 18.5 Å². The van der Waals surface area contributed by atoms with E-state index in [4.69, 9.17) is 0 Å². The third-order valence-electron chi connectivity index (χ3n) is 5.07. The number of likely N-dealkylation sites (N-methyl/N-ethyl adjacent to an activating group) is 2. The van der Waals surface area contributed by atoms with Crippen molar-refractivity contribution in [1.82, 2.24) is 15.1 Å². The summed E-state index contributed by atoms with van der Waals surface area (Å²) >= 11 is 0. The van der Waals surface area contributed by atoms with Crippen LogP contribution < -0.4 is 5.32 Å². The molecule has 0 amide bonds. The van der Waals surface area contributed by atoms with E-state index in [1.807, 2.05) is 0 Å². The first-order valence-corrected chi connectivity index (χ1v) is 8.62.